The van der Waals surface area contributed by atoms with Gasteiger partial charge in [0.25, 0.3) is 0 Å². The van der Waals surface area contributed by atoms with Crippen LogP contribution in [0.3, 0.4) is 0 Å². The number of ether oxygens (including phenoxy) is 2. The molecule has 0 spiro atoms. The normalized spacial score (nSPS) is 18.8. The molecule has 4 heteroatoms. The van der Waals surface area contributed by atoms with Crippen LogP contribution in [0.25, 0.3) is 0 Å². The van der Waals surface area contributed by atoms with E-state index in [-0.39, 0.29) is 11.9 Å². The van der Waals surface area contributed by atoms with Gasteiger partial charge in [0.05, 0.1) is 20.1 Å². The Hall–Kier alpha value is -1.55. The third-order valence-electron chi connectivity index (χ3n) is 2.90. The molecule has 0 saturated heterocycles. The van der Waals surface area contributed by atoms with Gasteiger partial charge in [0, 0.05) is 18.7 Å². The summed E-state index contributed by atoms with van der Waals surface area (Å²) < 4.78 is 10.1. The molecule has 16 heavy (non-hydrogen) atoms. The summed E-state index contributed by atoms with van der Waals surface area (Å²) in [5, 5.41) is 3.20. The molecule has 86 valence electrons. The van der Waals surface area contributed by atoms with Crippen LogP contribution in [0.2, 0.25) is 0 Å². The van der Waals surface area contributed by atoms with E-state index in [4.69, 9.17) is 9.47 Å². The molecule has 1 aromatic carbocycles. The molecule has 0 aliphatic carbocycles. The summed E-state index contributed by atoms with van der Waals surface area (Å²) in [7, 11) is 3.05. The molecule has 4 nitrogen and oxygen atoms in total. The predicted octanol–water partition coefficient (Wildman–Crippen LogP) is 1.05. The van der Waals surface area contributed by atoms with Gasteiger partial charge in [-0.05, 0) is 11.6 Å². The Morgan fingerprint density at radius 1 is 1.44 bits per heavy atom. The van der Waals surface area contributed by atoms with Crippen molar-refractivity contribution in [2.24, 2.45) is 0 Å². The molecule has 0 saturated carbocycles. The minimum Gasteiger partial charge on any atom is -0.496 e. The van der Waals surface area contributed by atoms with Gasteiger partial charge in [0.15, 0.2) is 0 Å². The molecule has 1 atom stereocenters. The largest absolute Gasteiger partial charge is 0.496 e. The minimum atomic E-state index is -0.233. The number of benzene rings is 1. The van der Waals surface area contributed by atoms with E-state index in [2.05, 4.69) is 5.32 Å². The minimum absolute atomic E-state index is 0.207. The first-order valence-corrected chi connectivity index (χ1v) is 5.22. The molecule has 0 radical (unpaired) electrons. The van der Waals surface area contributed by atoms with Gasteiger partial charge in [-0.2, -0.15) is 0 Å². The highest BCUT2D eigenvalue weighted by atomic mass is 16.5. The Kier molecular flexibility index (Phi) is 3.10. The van der Waals surface area contributed by atoms with Crippen LogP contribution in [0.1, 0.15) is 17.0 Å². The molecule has 1 heterocycles. The molecule has 1 N–H and O–H groups in total. The zero-order valence-electron chi connectivity index (χ0n) is 9.45. The summed E-state index contributed by atoms with van der Waals surface area (Å²) in [4.78, 5) is 11.6. The Morgan fingerprint density at radius 3 is 2.94 bits per heavy atom. The third-order valence-corrected chi connectivity index (χ3v) is 2.90. The van der Waals surface area contributed by atoms with Crippen LogP contribution in [0.4, 0.5) is 0 Å². The highest BCUT2D eigenvalue weighted by molar-refractivity contribution is 5.79. The smallest absolute Gasteiger partial charge is 0.314 e. The topological polar surface area (TPSA) is 47.6 Å². The third kappa shape index (κ3) is 1.76. The second-order valence-corrected chi connectivity index (χ2v) is 3.73. The van der Waals surface area contributed by atoms with Crippen molar-refractivity contribution in [1.82, 2.24) is 5.32 Å². The number of carbonyl (C=O) groups is 1. The van der Waals surface area contributed by atoms with Crippen molar-refractivity contribution in [2.75, 3.05) is 20.8 Å². The van der Waals surface area contributed by atoms with E-state index in [1.54, 1.807) is 7.11 Å². The highest BCUT2D eigenvalue weighted by Gasteiger charge is 2.28. The second-order valence-electron chi connectivity index (χ2n) is 3.73. The Labute approximate surface area is 94.6 Å². The van der Waals surface area contributed by atoms with E-state index in [1.165, 1.54) is 7.11 Å². The molecular weight excluding hydrogens is 206 g/mol. The van der Waals surface area contributed by atoms with Gasteiger partial charge in [-0.25, -0.2) is 0 Å². The maximum absolute atomic E-state index is 11.6. The number of esters is 1. The van der Waals surface area contributed by atoms with Crippen molar-refractivity contribution in [3.63, 3.8) is 0 Å². The number of fused-ring (bicyclic) bond motifs is 1. The number of methoxy groups -OCH3 is 2. The second kappa shape index (κ2) is 4.53. The first-order valence-electron chi connectivity index (χ1n) is 5.22. The maximum atomic E-state index is 11.6. The fourth-order valence-corrected chi connectivity index (χ4v) is 2.09. The molecule has 1 aliphatic rings. The molecule has 1 unspecified atom stereocenters. The van der Waals surface area contributed by atoms with Crippen LogP contribution in [0.15, 0.2) is 18.2 Å². The van der Waals surface area contributed by atoms with Crippen LogP contribution in [-0.4, -0.2) is 26.7 Å². The highest BCUT2D eigenvalue weighted by Crippen LogP contribution is 2.31. The molecule has 1 aliphatic heterocycles. The van der Waals surface area contributed by atoms with E-state index in [0.29, 0.717) is 6.54 Å². The Balaban J connectivity index is 2.43. The fourth-order valence-electron chi connectivity index (χ4n) is 2.09. The summed E-state index contributed by atoms with van der Waals surface area (Å²) in [5.74, 6) is 0.379. The summed E-state index contributed by atoms with van der Waals surface area (Å²) in [6.45, 7) is 1.35. The first-order chi connectivity index (χ1) is 7.77. The lowest BCUT2D eigenvalue weighted by Crippen LogP contribution is -2.33. The van der Waals surface area contributed by atoms with Gasteiger partial charge in [-0.3, -0.25) is 4.79 Å². The standard InChI is InChI=1S/C12H15NO3/c1-15-11-5-3-4-8-9(11)6-13-7-10(8)12(14)16-2/h3-5,10,13H,6-7H2,1-2H3. The summed E-state index contributed by atoms with van der Waals surface area (Å²) in [6.07, 6.45) is 0. The van der Waals surface area contributed by atoms with Gasteiger partial charge >= 0.3 is 5.97 Å². The zero-order chi connectivity index (χ0) is 11.5. The molecule has 0 fully saturated rings. The Bertz CT molecular complexity index is 403. The van der Waals surface area contributed by atoms with Gasteiger partial charge in [0.2, 0.25) is 0 Å². The van der Waals surface area contributed by atoms with Crippen LogP contribution < -0.4 is 10.1 Å². The summed E-state index contributed by atoms with van der Waals surface area (Å²) in [6, 6.07) is 5.76. The van der Waals surface area contributed by atoms with Crippen LogP contribution >= 0.6 is 0 Å². The zero-order valence-corrected chi connectivity index (χ0v) is 9.45. The van der Waals surface area contributed by atoms with Crippen molar-refractivity contribution in [1.29, 1.82) is 0 Å². The molecule has 0 aromatic heterocycles. The molecule has 2 rings (SSSR count). The van der Waals surface area contributed by atoms with E-state index in [9.17, 15) is 4.79 Å². The van der Waals surface area contributed by atoms with E-state index >= 15 is 0 Å². The average Bonchev–Trinajstić information content (AvgIpc) is 2.36. The maximum Gasteiger partial charge on any atom is 0.314 e. The predicted molar refractivity (Wildman–Crippen MR) is 59.5 cm³/mol. The van der Waals surface area contributed by atoms with Crippen molar-refractivity contribution in [3.05, 3.63) is 29.3 Å². The first kappa shape index (κ1) is 11.0. The van der Waals surface area contributed by atoms with E-state index in [1.807, 2.05) is 18.2 Å². The van der Waals surface area contributed by atoms with E-state index in [0.717, 1.165) is 23.4 Å². The fraction of sp³-hybridized carbons (Fsp3) is 0.417. The van der Waals surface area contributed by atoms with Gasteiger partial charge < -0.3 is 14.8 Å². The van der Waals surface area contributed by atoms with Gasteiger partial charge in [-0.1, -0.05) is 12.1 Å². The van der Waals surface area contributed by atoms with Crippen LogP contribution in [0, 0.1) is 0 Å². The van der Waals surface area contributed by atoms with Crippen molar-refractivity contribution in [3.8, 4) is 5.75 Å². The lowest BCUT2D eigenvalue weighted by Gasteiger charge is -2.25. The van der Waals surface area contributed by atoms with Crippen LogP contribution in [0.5, 0.6) is 5.75 Å². The number of carbonyl (C=O) groups excluding carboxylic acids is 1. The summed E-state index contributed by atoms with van der Waals surface area (Å²) >= 11 is 0. The number of rotatable bonds is 2. The van der Waals surface area contributed by atoms with Crippen molar-refractivity contribution in [2.45, 2.75) is 12.5 Å². The summed E-state index contributed by atoms with van der Waals surface area (Å²) in [5.41, 5.74) is 2.05. The van der Waals surface area contributed by atoms with Crippen molar-refractivity contribution < 1.29 is 14.3 Å². The van der Waals surface area contributed by atoms with Gasteiger partial charge in [0.1, 0.15) is 5.75 Å². The molecule has 1 aromatic rings. The molecule has 0 bridgehead atoms. The quantitative estimate of drug-likeness (QED) is 0.758. The number of hydrogen-bond acceptors (Lipinski definition) is 4. The average molecular weight is 221 g/mol. The van der Waals surface area contributed by atoms with Gasteiger partial charge in [-0.15, -0.1) is 0 Å². The Morgan fingerprint density at radius 2 is 2.25 bits per heavy atom. The monoisotopic (exact) mass is 221 g/mol. The lowest BCUT2D eigenvalue weighted by molar-refractivity contribution is -0.142. The lowest BCUT2D eigenvalue weighted by atomic mass is 9.90. The van der Waals surface area contributed by atoms with E-state index < -0.39 is 0 Å². The van der Waals surface area contributed by atoms with Crippen LogP contribution in [-0.2, 0) is 16.1 Å². The number of nitrogens with one attached hydrogen (secondary N) is 1. The molecule has 0 amide bonds. The van der Waals surface area contributed by atoms with Crippen molar-refractivity contribution >= 4 is 5.97 Å². The SMILES string of the molecule is COC(=O)C1CNCc2c(OC)cccc21. The number of hydrogen-bond donors (Lipinski definition) is 1. The molecular formula is C12H15NO3.